The fourth-order valence-corrected chi connectivity index (χ4v) is 9.59. The fourth-order valence-electron chi connectivity index (χ4n) is 7.55. The number of nitrogens with zero attached hydrogens (tertiary/aromatic N) is 2. The first-order chi connectivity index (χ1) is 28.2. The van der Waals surface area contributed by atoms with Crippen LogP contribution >= 0.6 is 15.9 Å². The van der Waals surface area contributed by atoms with Crippen LogP contribution in [-0.4, -0.2) is 90.3 Å². The van der Waals surface area contributed by atoms with Gasteiger partial charge in [-0.05, 0) is 73.5 Å². The minimum atomic E-state index is -3.94. The van der Waals surface area contributed by atoms with Crippen LogP contribution in [0.3, 0.4) is 0 Å². The van der Waals surface area contributed by atoms with Crippen LogP contribution in [0.5, 0.6) is 11.5 Å². The first kappa shape index (κ1) is 42.9. The predicted octanol–water partition coefficient (Wildman–Crippen LogP) is 6.38. The van der Waals surface area contributed by atoms with Gasteiger partial charge in [0.15, 0.2) is 11.3 Å². The lowest BCUT2D eigenvalue weighted by atomic mass is 9.85. The lowest BCUT2D eigenvalue weighted by molar-refractivity contribution is -0.143. The quantitative estimate of drug-likeness (QED) is 0.134. The molecule has 0 spiro atoms. The molecule has 3 heterocycles. The van der Waals surface area contributed by atoms with Crippen molar-refractivity contribution in [3.05, 3.63) is 65.7 Å². The lowest BCUT2D eigenvalue weighted by Gasteiger charge is -2.36. The Morgan fingerprint density at radius 1 is 1.05 bits per heavy atom. The number of hydrogen-bond acceptors (Lipinski definition) is 11. The van der Waals surface area contributed by atoms with E-state index < -0.39 is 79.7 Å². The number of alkyl carbamates (subject to hydrolysis) is 1. The van der Waals surface area contributed by atoms with E-state index in [1.807, 2.05) is 30.3 Å². The molecule has 4 aromatic rings. The number of furan rings is 1. The average Bonchev–Trinajstić information content (AvgIpc) is 4.08. The fraction of sp³-hybridized carbons (Fsp3) is 0.465. The molecule has 2 saturated carbocycles. The first-order valence-electron chi connectivity index (χ1n) is 19.8. The van der Waals surface area contributed by atoms with Crippen LogP contribution in [-0.2, 0) is 29.1 Å². The van der Waals surface area contributed by atoms with Crippen LogP contribution < -0.4 is 24.8 Å². The number of likely N-dealkylation sites (tertiary alicyclic amines) is 1. The van der Waals surface area contributed by atoms with Gasteiger partial charge in [-0.15, -0.1) is 6.58 Å². The minimum absolute atomic E-state index is 0.0417. The topological polar surface area (TPSA) is 195 Å². The summed E-state index contributed by atoms with van der Waals surface area (Å²) in [7, 11) is -2.38. The highest BCUT2D eigenvalue weighted by molar-refractivity contribution is 9.10. The third kappa shape index (κ3) is 8.55. The molecule has 2 aromatic heterocycles. The molecule has 7 rings (SSSR count). The number of hydrogen-bond donors (Lipinski definition) is 3. The van der Waals surface area contributed by atoms with Crippen molar-refractivity contribution in [2.45, 2.75) is 102 Å². The summed E-state index contributed by atoms with van der Waals surface area (Å²) in [4.78, 5) is 62.4. The van der Waals surface area contributed by atoms with Crippen LogP contribution in [0.25, 0.3) is 33.3 Å². The number of carbonyl (C=O) groups is 4. The van der Waals surface area contributed by atoms with E-state index in [1.54, 1.807) is 66.9 Å². The molecule has 0 unspecified atom stereocenters. The van der Waals surface area contributed by atoms with E-state index >= 15 is 0 Å². The third-order valence-electron chi connectivity index (χ3n) is 10.9. The summed E-state index contributed by atoms with van der Waals surface area (Å²) in [5.74, 6) is -1.85. The summed E-state index contributed by atoms with van der Waals surface area (Å²) in [5, 5.41) is 5.52. The molecular weight excluding hydrogens is 858 g/mol. The number of aromatic nitrogens is 1. The van der Waals surface area contributed by atoms with E-state index in [-0.39, 0.29) is 19.4 Å². The number of carbonyl (C=O) groups excluding carboxylic acids is 4. The van der Waals surface area contributed by atoms with E-state index in [0.29, 0.717) is 56.6 Å². The molecule has 1 saturated heterocycles. The molecule has 5 atom stereocenters. The molecule has 3 N–H and O–H groups in total. The number of pyridine rings is 1. The molecular formula is C43H50BrN5O10S. The number of sulfonamides is 1. The standard InChI is InChI=1S/C43H50BrN5O10S/c1-9-24-21-43(24,39(52)48-60(54,55)26-15-16-26)47-37(50)28-19-25(22-49(28)38(51)36(41(2,3)4)46-40(53)59-42(5,6)7)57-31-20-27(23-13-11-10-12-14-23)45-34-32-29(58-35(31)34)17-18-30(56-8)33(32)44/h9-14,17-18,20,24-26,28,36H,1,15-16,19,21-22H2,2-8H3,(H,46,53)(H,47,50)(H,48,52)/t24-,25-,28+,36-,43-/m1/s1. The third-order valence-corrected chi connectivity index (χ3v) is 13.5. The number of fused-ring (bicyclic) bond motifs is 3. The Labute approximate surface area is 357 Å². The summed E-state index contributed by atoms with van der Waals surface area (Å²) < 4.78 is 52.7. The minimum Gasteiger partial charge on any atom is -0.496 e. The van der Waals surface area contributed by atoms with Crippen LogP contribution in [0.4, 0.5) is 4.79 Å². The SMILES string of the molecule is C=C[C@@H]1C[C@]1(NC(=O)[C@@H]1C[C@@H](Oc2cc(-c3ccccc3)nc3c2oc2ccc(OC)c(Br)c23)CN1C(=O)[C@@H](NC(=O)OC(C)(C)C)C(C)(C)C)C(=O)NS(=O)(=O)C1CC1. The zero-order valence-corrected chi connectivity index (χ0v) is 37.0. The summed E-state index contributed by atoms with van der Waals surface area (Å²) in [6.07, 6.45) is 0.813. The smallest absolute Gasteiger partial charge is 0.408 e. The second-order valence-electron chi connectivity index (χ2n) is 17.7. The number of amides is 4. The second-order valence-corrected chi connectivity index (χ2v) is 20.5. The van der Waals surface area contributed by atoms with Crippen molar-refractivity contribution in [2.75, 3.05) is 13.7 Å². The van der Waals surface area contributed by atoms with Gasteiger partial charge in [-0.25, -0.2) is 18.2 Å². The van der Waals surface area contributed by atoms with Crippen LogP contribution in [0.2, 0.25) is 0 Å². The maximum absolute atomic E-state index is 14.8. The number of halogens is 1. The van der Waals surface area contributed by atoms with Gasteiger partial charge in [0.2, 0.25) is 21.8 Å². The maximum Gasteiger partial charge on any atom is 0.408 e. The Bertz CT molecular complexity index is 2490. The van der Waals surface area contributed by atoms with Gasteiger partial charge in [-0.3, -0.25) is 19.1 Å². The zero-order chi connectivity index (χ0) is 43.5. The molecule has 2 aromatic carbocycles. The Balaban J connectivity index is 1.26. The summed E-state index contributed by atoms with van der Waals surface area (Å²) in [6.45, 7) is 14.1. The molecule has 1 aliphatic heterocycles. The van der Waals surface area contributed by atoms with Crippen molar-refractivity contribution in [3.63, 3.8) is 0 Å². The summed E-state index contributed by atoms with van der Waals surface area (Å²) in [5.41, 5.74) is -0.627. The van der Waals surface area contributed by atoms with Crippen molar-refractivity contribution < 1.29 is 46.2 Å². The van der Waals surface area contributed by atoms with Gasteiger partial charge in [0.25, 0.3) is 5.91 Å². The molecule has 15 nitrogen and oxygen atoms in total. The average molecular weight is 909 g/mol. The van der Waals surface area contributed by atoms with Crippen LogP contribution in [0.15, 0.2) is 70.1 Å². The normalized spacial score (nSPS) is 22.2. The Kier molecular flexibility index (Phi) is 11.2. The van der Waals surface area contributed by atoms with Crippen molar-refractivity contribution in [3.8, 4) is 22.8 Å². The molecule has 0 bridgehead atoms. The Morgan fingerprint density at radius 3 is 2.35 bits per heavy atom. The molecule has 0 radical (unpaired) electrons. The highest BCUT2D eigenvalue weighted by atomic mass is 79.9. The highest BCUT2D eigenvalue weighted by Crippen LogP contribution is 2.46. The molecule has 2 aliphatic carbocycles. The highest BCUT2D eigenvalue weighted by Gasteiger charge is 2.62. The van der Waals surface area contributed by atoms with Gasteiger partial charge in [-0.1, -0.05) is 57.2 Å². The van der Waals surface area contributed by atoms with Gasteiger partial charge >= 0.3 is 6.09 Å². The first-order valence-corrected chi connectivity index (χ1v) is 22.1. The molecule has 60 heavy (non-hydrogen) atoms. The molecule has 17 heteroatoms. The second kappa shape index (κ2) is 15.7. The van der Waals surface area contributed by atoms with Gasteiger partial charge in [0, 0.05) is 24.0 Å². The van der Waals surface area contributed by atoms with Crippen molar-refractivity contribution in [2.24, 2.45) is 11.3 Å². The van der Waals surface area contributed by atoms with Gasteiger partial charge < -0.3 is 34.2 Å². The number of nitrogens with one attached hydrogen (secondary N) is 3. The van der Waals surface area contributed by atoms with Crippen molar-refractivity contribution in [1.29, 1.82) is 0 Å². The lowest BCUT2D eigenvalue weighted by Crippen LogP contribution is -2.60. The maximum atomic E-state index is 14.8. The molecule has 320 valence electrons. The Morgan fingerprint density at radius 2 is 1.75 bits per heavy atom. The van der Waals surface area contributed by atoms with Crippen LogP contribution in [0, 0.1) is 11.3 Å². The number of benzene rings is 2. The Hall–Kier alpha value is -5.16. The monoisotopic (exact) mass is 907 g/mol. The van der Waals surface area contributed by atoms with Gasteiger partial charge in [0.1, 0.15) is 46.2 Å². The molecule has 3 aliphatic rings. The number of methoxy groups -OCH3 is 1. The summed E-state index contributed by atoms with van der Waals surface area (Å²) >= 11 is 3.66. The van der Waals surface area contributed by atoms with E-state index in [2.05, 4.69) is 37.9 Å². The van der Waals surface area contributed by atoms with Crippen LogP contribution in [0.1, 0.15) is 67.2 Å². The van der Waals surface area contributed by atoms with E-state index in [9.17, 15) is 27.6 Å². The van der Waals surface area contributed by atoms with E-state index in [4.69, 9.17) is 23.6 Å². The van der Waals surface area contributed by atoms with Gasteiger partial charge in [0.05, 0.1) is 34.5 Å². The molecule has 4 amide bonds. The van der Waals surface area contributed by atoms with E-state index in [0.717, 1.165) is 5.56 Å². The zero-order valence-electron chi connectivity index (χ0n) is 34.6. The largest absolute Gasteiger partial charge is 0.496 e. The number of rotatable bonds is 12. The summed E-state index contributed by atoms with van der Waals surface area (Å²) in [6, 6.07) is 12.4. The van der Waals surface area contributed by atoms with Crippen molar-refractivity contribution >= 4 is 71.8 Å². The van der Waals surface area contributed by atoms with Crippen molar-refractivity contribution in [1.82, 2.24) is 25.2 Å². The van der Waals surface area contributed by atoms with E-state index in [1.165, 1.54) is 11.0 Å². The predicted molar refractivity (Wildman–Crippen MR) is 228 cm³/mol. The number of ether oxygens (including phenoxy) is 3. The molecule has 3 fully saturated rings. The van der Waals surface area contributed by atoms with Gasteiger partial charge in [-0.2, -0.15) is 0 Å².